The number of nitrogens with zero attached hydrogens (tertiary/aromatic N) is 1. The average molecular weight is 295 g/mol. The Balaban J connectivity index is 2.22. The zero-order valence-corrected chi connectivity index (χ0v) is 13.2. The fourth-order valence-corrected chi connectivity index (χ4v) is 3.28. The van der Waals surface area contributed by atoms with Crippen molar-refractivity contribution in [3.8, 4) is 11.1 Å². The molecule has 2 aromatic carbocycles. The van der Waals surface area contributed by atoms with Crippen molar-refractivity contribution in [2.24, 2.45) is 0 Å². The first-order valence-corrected chi connectivity index (χ1v) is 7.74. The first-order chi connectivity index (χ1) is 10.1. The minimum absolute atomic E-state index is 0.0404. The molecular formula is C18H17NOS. The minimum Gasteiger partial charge on any atom is -0.345 e. The zero-order chi connectivity index (χ0) is 15.0. The van der Waals surface area contributed by atoms with Gasteiger partial charge in [0.05, 0.1) is 0 Å². The van der Waals surface area contributed by atoms with Crippen LogP contribution in [0.4, 0.5) is 0 Å². The Morgan fingerprint density at radius 1 is 1.05 bits per heavy atom. The van der Waals surface area contributed by atoms with E-state index in [1.54, 1.807) is 30.3 Å². The van der Waals surface area contributed by atoms with Crippen LogP contribution in [0.5, 0.6) is 0 Å². The quantitative estimate of drug-likeness (QED) is 0.677. The van der Waals surface area contributed by atoms with E-state index in [0.717, 1.165) is 21.4 Å². The molecule has 0 bridgehead atoms. The van der Waals surface area contributed by atoms with E-state index in [0.29, 0.717) is 0 Å². The Kier molecular flexibility index (Phi) is 3.52. The summed E-state index contributed by atoms with van der Waals surface area (Å²) in [4.78, 5) is 13.9. The number of carbonyl (C=O) groups is 1. The summed E-state index contributed by atoms with van der Waals surface area (Å²) in [5.74, 6) is 0.0404. The van der Waals surface area contributed by atoms with Crippen molar-refractivity contribution in [3.05, 3.63) is 59.0 Å². The first-order valence-electron chi connectivity index (χ1n) is 6.86. The molecule has 106 valence electrons. The van der Waals surface area contributed by atoms with Gasteiger partial charge in [-0.15, -0.1) is 11.3 Å². The van der Waals surface area contributed by atoms with Crippen LogP contribution >= 0.6 is 11.3 Å². The van der Waals surface area contributed by atoms with Crippen LogP contribution < -0.4 is 0 Å². The number of thiophene rings is 1. The molecule has 21 heavy (non-hydrogen) atoms. The lowest BCUT2D eigenvalue weighted by atomic mass is 9.98. The Hall–Kier alpha value is -2.13. The van der Waals surface area contributed by atoms with Crippen LogP contribution in [0.25, 0.3) is 21.2 Å². The summed E-state index contributed by atoms with van der Waals surface area (Å²) >= 11 is 1.67. The minimum atomic E-state index is 0.0404. The third kappa shape index (κ3) is 2.57. The van der Waals surface area contributed by atoms with Gasteiger partial charge in [-0.2, -0.15) is 0 Å². The van der Waals surface area contributed by atoms with E-state index in [2.05, 4.69) is 42.6 Å². The third-order valence-corrected chi connectivity index (χ3v) is 4.45. The summed E-state index contributed by atoms with van der Waals surface area (Å²) in [5.41, 5.74) is 4.25. The summed E-state index contributed by atoms with van der Waals surface area (Å²) in [6.07, 6.45) is 0. The lowest BCUT2D eigenvalue weighted by molar-refractivity contribution is 0.0828. The molecule has 0 fully saturated rings. The third-order valence-electron chi connectivity index (χ3n) is 3.59. The van der Waals surface area contributed by atoms with E-state index in [9.17, 15) is 4.79 Å². The number of fused-ring (bicyclic) bond motifs is 1. The SMILES string of the molecule is Cc1ccc(-c2cc(C(=O)N(C)C)cc3sccc23)cc1. The maximum Gasteiger partial charge on any atom is 0.253 e. The predicted octanol–water partition coefficient (Wildman–Crippen LogP) is 4.58. The molecule has 2 nitrogen and oxygen atoms in total. The Morgan fingerprint density at radius 2 is 1.76 bits per heavy atom. The molecule has 0 radical (unpaired) electrons. The highest BCUT2D eigenvalue weighted by Gasteiger charge is 2.13. The van der Waals surface area contributed by atoms with E-state index in [4.69, 9.17) is 0 Å². The first kappa shape index (κ1) is 13.8. The monoisotopic (exact) mass is 295 g/mol. The lowest BCUT2D eigenvalue weighted by Gasteiger charge is -2.12. The molecule has 1 aromatic heterocycles. The topological polar surface area (TPSA) is 20.3 Å². The van der Waals surface area contributed by atoms with Gasteiger partial charge in [0.1, 0.15) is 0 Å². The molecule has 0 saturated heterocycles. The summed E-state index contributed by atoms with van der Waals surface area (Å²) in [5, 5.41) is 3.28. The largest absolute Gasteiger partial charge is 0.345 e. The van der Waals surface area contributed by atoms with Crippen LogP contribution in [0, 0.1) is 6.92 Å². The average Bonchev–Trinajstić information content (AvgIpc) is 2.94. The number of benzene rings is 2. The van der Waals surface area contributed by atoms with E-state index in [1.807, 2.05) is 12.1 Å². The second-order valence-electron chi connectivity index (χ2n) is 5.42. The number of hydrogen-bond donors (Lipinski definition) is 0. The van der Waals surface area contributed by atoms with Crippen LogP contribution in [0.3, 0.4) is 0 Å². The van der Waals surface area contributed by atoms with Gasteiger partial charge in [0, 0.05) is 29.7 Å². The molecule has 0 aliphatic carbocycles. The molecule has 0 atom stereocenters. The van der Waals surface area contributed by atoms with Crippen molar-refractivity contribution in [2.45, 2.75) is 6.92 Å². The molecule has 3 heteroatoms. The number of rotatable bonds is 2. The van der Waals surface area contributed by atoms with Crippen molar-refractivity contribution in [1.29, 1.82) is 0 Å². The molecule has 1 heterocycles. The smallest absolute Gasteiger partial charge is 0.253 e. The van der Waals surface area contributed by atoms with Crippen LogP contribution in [-0.4, -0.2) is 24.9 Å². The second-order valence-corrected chi connectivity index (χ2v) is 6.37. The standard InChI is InChI=1S/C18H17NOS/c1-12-4-6-13(7-5-12)16-10-14(18(20)19(2)3)11-17-15(16)8-9-21-17/h4-11H,1-3H3. The van der Waals surface area contributed by atoms with Gasteiger partial charge in [-0.05, 0) is 41.6 Å². The number of carbonyl (C=O) groups excluding carboxylic acids is 1. The summed E-state index contributed by atoms with van der Waals surface area (Å²) in [6, 6.07) is 14.6. The molecule has 0 saturated carbocycles. The predicted molar refractivity (Wildman–Crippen MR) is 90.0 cm³/mol. The lowest BCUT2D eigenvalue weighted by Crippen LogP contribution is -2.21. The van der Waals surface area contributed by atoms with E-state index >= 15 is 0 Å². The maximum absolute atomic E-state index is 12.3. The molecule has 0 N–H and O–H groups in total. The van der Waals surface area contributed by atoms with E-state index in [1.165, 1.54) is 10.9 Å². The fraction of sp³-hybridized carbons (Fsp3) is 0.167. The van der Waals surface area contributed by atoms with Crippen LogP contribution in [0.15, 0.2) is 47.8 Å². The van der Waals surface area contributed by atoms with Crippen molar-refractivity contribution in [3.63, 3.8) is 0 Å². The van der Waals surface area contributed by atoms with Crippen molar-refractivity contribution in [1.82, 2.24) is 4.90 Å². The van der Waals surface area contributed by atoms with Gasteiger partial charge in [0.25, 0.3) is 5.91 Å². The fourth-order valence-electron chi connectivity index (χ4n) is 2.43. The number of hydrogen-bond acceptors (Lipinski definition) is 2. The maximum atomic E-state index is 12.3. The number of amides is 1. The molecule has 0 unspecified atom stereocenters. The Labute approximate surface area is 128 Å². The summed E-state index contributed by atoms with van der Waals surface area (Å²) in [6.45, 7) is 2.08. The Morgan fingerprint density at radius 3 is 2.43 bits per heavy atom. The van der Waals surface area contributed by atoms with E-state index in [-0.39, 0.29) is 5.91 Å². The molecule has 0 aliphatic rings. The zero-order valence-electron chi connectivity index (χ0n) is 12.4. The molecule has 3 rings (SSSR count). The second kappa shape index (κ2) is 5.34. The van der Waals surface area contributed by atoms with Crippen molar-refractivity contribution >= 4 is 27.3 Å². The van der Waals surface area contributed by atoms with Gasteiger partial charge in [-0.25, -0.2) is 0 Å². The molecule has 3 aromatic rings. The van der Waals surface area contributed by atoms with E-state index < -0.39 is 0 Å². The number of aryl methyl sites for hydroxylation is 1. The van der Waals surface area contributed by atoms with Gasteiger partial charge in [0.15, 0.2) is 0 Å². The molecule has 0 aliphatic heterocycles. The van der Waals surface area contributed by atoms with Gasteiger partial charge in [-0.1, -0.05) is 29.8 Å². The normalized spacial score (nSPS) is 10.8. The van der Waals surface area contributed by atoms with Crippen LogP contribution in [0.2, 0.25) is 0 Å². The van der Waals surface area contributed by atoms with Crippen LogP contribution in [0.1, 0.15) is 15.9 Å². The molecular weight excluding hydrogens is 278 g/mol. The van der Waals surface area contributed by atoms with Gasteiger partial charge < -0.3 is 4.90 Å². The highest BCUT2D eigenvalue weighted by molar-refractivity contribution is 7.17. The highest BCUT2D eigenvalue weighted by Crippen LogP contribution is 2.33. The van der Waals surface area contributed by atoms with Crippen molar-refractivity contribution < 1.29 is 4.79 Å². The van der Waals surface area contributed by atoms with Crippen LogP contribution in [-0.2, 0) is 0 Å². The summed E-state index contributed by atoms with van der Waals surface area (Å²) in [7, 11) is 3.57. The highest BCUT2D eigenvalue weighted by atomic mass is 32.1. The van der Waals surface area contributed by atoms with Gasteiger partial charge >= 0.3 is 0 Å². The molecule has 1 amide bonds. The Bertz CT molecular complexity index is 800. The molecule has 0 spiro atoms. The van der Waals surface area contributed by atoms with Gasteiger partial charge in [0.2, 0.25) is 0 Å². The van der Waals surface area contributed by atoms with Crippen molar-refractivity contribution in [2.75, 3.05) is 14.1 Å². The van der Waals surface area contributed by atoms with Gasteiger partial charge in [-0.3, -0.25) is 4.79 Å². The summed E-state index contributed by atoms with van der Waals surface area (Å²) < 4.78 is 1.15.